The zero-order valence-electron chi connectivity index (χ0n) is 11.8. The summed E-state index contributed by atoms with van der Waals surface area (Å²) >= 11 is 0. The SMILES string of the molecule is CC(C)(C)OC(=O)NCc1ccc([C@@H](N)C(=O)O)cc1. The Hall–Kier alpha value is -2.08. The average Bonchev–Trinajstić information content (AvgIpc) is 2.34. The quantitative estimate of drug-likeness (QED) is 0.780. The number of carboxylic acid groups (broad SMARTS) is 1. The van der Waals surface area contributed by atoms with E-state index in [9.17, 15) is 9.59 Å². The molecular weight excluding hydrogens is 260 g/mol. The highest BCUT2D eigenvalue weighted by molar-refractivity contribution is 5.75. The van der Waals surface area contributed by atoms with Crippen LogP contribution in [0.5, 0.6) is 0 Å². The van der Waals surface area contributed by atoms with Gasteiger partial charge in [0.25, 0.3) is 0 Å². The van der Waals surface area contributed by atoms with Crippen LogP contribution in [0.4, 0.5) is 4.79 Å². The van der Waals surface area contributed by atoms with Crippen LogP contribution in [-0.2, 0) is 16.1 Å². The summed E-state index contributed by atoms with van der Waals surface area (Å²) in [7, 11) is 0. The number of carbonyl (C=O) groups is 2. The molecule has 20 heavy (non-hydrogen) atoms. The van der Waals surface area contributed by atoms with E-state index in [-0.39, 0.29) is 0 Å². The number of nitrogens with one attached hydrogen (secondary N) is 1. The van der Waals surface area contributed by atoms with Gasteiger partial charge < -0.3 is 20.9 Å². The predicted octanol–water partition coefficient (Wildman–Crippen LogP) is 1.80. The van der Waals surface area contributed by atoms with Gasteiger partial charge in [-0.05, 0) is 31.9 Å². The number of rotatable bonds is 4. The lowest BCUT2D eigenvalue weighted by molar-refractivity contribution is -0.138. The van der Waals surface area contributed by atoms with Gasteiger partial charge in [0.05, 0.1) is 0 Å². The van der Waals surface area contributed by atoms with E-state index in [2.05, 4.69) is 5.32 Å². The first-order valence-corrected chi connectivity index (χ1v) is 6.23. The van der Waals surface area contributed by atoms with Crippen molar-refractivity contribution in [1.82, 2.24) is 5.32 Å². The maximum absolute atomic E-state index is 11.5. The number of amides is 1. The van der Waals surface area contributed by atoms with E-state index < -0.39 is 23.7 Å². The number of benzene rings is 1. The van der Waals surface area contributed by atoms with Crippen LogP contribution in [0.15, 0.2) is 24.3 Å². The number of carbonyl (C=O) groups excluding carboxylic acids is 1. The van der Waals surface area contributed by atoms with Gasteiger partial charge in [-0.25, -0.2) is 4.79 Å². The first-order valence-electron chi connectivity index (χ1n) is 6.23. The Morgan fingerprint density at radius 3 is 2.30 bits per heavy atom. The van der Waals surface area contributed by atoms with Crippen molar-refractivity contribution in [2.75, 3.05) is 0 Å². The molecule has 1 aromatic rings. The van der Waals surface area contributed by atoms with Gasteiger partial charge in [0.1, 0.15) is 11.6 Å². The molecule has 0 radical (unpaired) electrons. The second kappa shape index (κ2) is 6.38. The second-order valence-electron chi connectivity index (χ2n) is 5.41. The summed E-state index contributed by atoms with van der Waals surface area (Å²) in [5, 5.41) is 11.4. The Kier molecular flexibility index (Phi) is 5.10. The maximum Gasteiger partial charge on any atom is 0.407 e. The molecule has 0 aliphatic carbocycles. The predicted molar refractivity (Wildman–Crippen MR) is 74.1 cm³/mol. The molecule has 4 N–H and O–H groups in total. The van der Waals surface area contributed by atoms with E-state index >= 15 is 0 Å². The molecule has 1 atom stereocenters. The van der Waals surface area contributed by atoms with Gasteiger partial charge in [-0.1, -0.05) is 24.3 Å². The van der Waals surface area contributed by atoms with Gasteiger partial charge in [-0.15, -0.1) is 0 Å². The highest BCUT2D eigenvalue weighted by atomic mass is 16.6. The number of nitrogens with two attached hydrogens (primary N) is 1. The summed E-state index contributed by atoms with van der Waals surface area (Å²) in [6, 6.07) is 5.66. The number of hydrogen-bond acceptors (Lipinski definition) is 4. The van der Waals surface area contributed by atoms with Crippen molar-refractivity contribution in [3.05, 3.63) is 35.4 Å². The van der Waals surface area contributed by atoms with E-state index in [1.54, 1.807) is 45.0 Å². The molecule has 6 nitrogen and oxygen atoms in total. The summed E-state index contributed by atoms with van der Waals surface area (Å²) in [6.07, 6.45) is -0.496. The number of hydrogen-bond donors (Lipinski definition) is 3. The van der Waals surface area contributed by atoms with E-state index in [1.165, 1.54) is 0 Å². The van der Waals surface area contributed by atoms with Crippen molar-refractivity contribution in [2.45, 2.75) is 39.0 Å². The van der Waals surface area contributed by atoms with E-state index in [0.717, 1.165) is 5.56 Å². The molecule has 0 aliphatic rings. The van der Waals surface area contributed by atoms with Crippen molar-refractivity contribution in [3.8, 4) is 0 Å². The van der Waals surface area contributed by atoms with E-state index in [0.29, 0.717) is 12.1 Å². The molecule has 1 rings (SSSR count). The minimum atomic E-state index is -1.08. The molecule has 0 saturated heterocycles. The fraction of sp³-hybridized carbons (Fsp3) is 0.429. The van der Waals surface area contributed by atoms with Gasteiger partial charge in [0, 0.05) is 6.54 Å². The summed E-state index contributed by atoms with van der Waals surface area (Å²) < 4.78 is 5.11. The minimum Gasteiger partial charge on any atom is -0.480 e. The zero-order valence-corrected chi connectivity index (χ0v) is 11.8. The third-order valence-electron chi connectivity index (χ3n) is 2.44. The standard InChI is InChI=1S/C14H20N2O4/c1-14(2,3)20-13(19)16-8-9-4-6-10(7-5-9)11(15)12(17)18/h4-7,11H,8,15H2,1-3H3,(H,16,19)(H,17,18)/t11-/m1/s1. The van der Waals surface area contributed by atoms with Gasteiger partial charge >= 0.3 is 12.1 Å². The summed E-state index contributed by atoms with van der Waals surface area (Å²) in [5.41, 5.74) is 6.29. The molecule has 1 aromatic carbocycles. The molecule has 110 valence electrons. The lowest BCUT2D eigenvalue weighted by Crippen LogP contribution is -2.32. The van der Waals surface area contributed by atoms with Crippen LogP contribution in [0.2, 0.25) is 0 Å². The van der Waals surface area contributed by atoms with Crippen LogP contribution in [0, 0.1) is 0 Å². The van der Waals surface area contributed by atoms with Crippen LogP contribution in [0.1, 0.15) is 37.9 Å². The monoisotopic (exact) mass is 280 g/mol. The molecule has 1 amide bonds. The molecule has 0 bridgehead atoms. The Morgan fingerprint density at radius 2 is 1.85 bits per heavy atom. The van der Waals surface area contributed by atoms with Gasteiger partial charge in [0.15, 0.2) is 0 Å². The number of ether oxygens (including phenoxy) is 1. The lowest BCUT2D eigenvalue weighted by atomic mass is 10.1. The average molecular weight is 280 g/mol. The summed E-state index contributed by atoms with van der Waals surface area (Å²) in [4.78, 5) is 22.2. The van der Waals surface area contributed by atoms with Gasteiger partial charge in [0.2, 0.25) is 0 Å². The maximum atomic E-state index is 11.5. The van der Waals surface area contributed by atoms with Crippen molar-refractivity contribution in [3.63, 3.8) is 0 Å². The van der Waals surface area contributed by atoms with E-state index in [1.807, 2.05) is 0 Å². The Labute approximate surface area is 117 Å². The van der Waals surface area contributed by atoms with Gasteiger partial charge in [-0.3, -0.25) is 4.79 Å². The lowest BCUT2D eigenvalue weighted by Gasteiger charge is -2.19. The Morgan fingerprint density at radius 1 is 1.30 bits per heavy atom. The number of carboxylic acids is 1. The number of aliphatic carboxylic acids is 1. The van der Waals surface area contributed by atoms with Crippen molar-refractivity contribution in [2.24, 2.45) is 5.73 Å². The first kappa shape index (κ1) is 16.0. The fourth-order valence-electron chi connectivity index (χ4n) is 1.47. The van der Waals surface area contributed by atoms with Crippen LogP contribution >= 0.6 is 0 Å². The molecule has 0 heterocycles. The topological polar surface area (TPSA) is 102 Å². The molecular formula is C14H20N2O4. The smallest absolute Gasteiger partial charge is 0.407 e. The molecule has 0 spiro atoms. The summed E-state index contributed by atoms with van der Waals surface area (Å²) in [5.74, 6) is -1.08. The highest BCUT2D eigenvalue weighted by Crippen LogP contribution is 2.12. The number of alkyl carbamates (subject to hydrolysis) is 1. The molecule has 0 fully saturated rings. The third kappa shape index (κ3) is 5.27. The van der Waals surface area contributed by atoms with E-state index in [4.69, 9.17) is 15.6 Å². The molecule has 0 saturated carbocycles. The summed E-state index contributed by atoms with van der Waals surface area (Å²) in [6.45, 7) is 5.66. The fourth-order valence-corrected chi connectivity index (χ4v) is 1.47. The minimum absolute atomic E-state index is 0.303. The van der Waals surface area contributed by atoms with Gasteiger partial charge in [-0.2, -0.15) is 0 Å². The Bertz CT molecular complexity index is 477. The van der Waals surface area contributed by atoms with Crippen LogP contribution in [0.25, 0.3) is 0 Å². The van der Waals surface area contributed by atoms with Crippen molar-refractivity contribution >= 4 is 12.1 Å². The first-order chi connectivity index (χ1) is 9.19. The largest absolute Gasteiger partial charge is 0.480 e. The van der Waals surface area contributed by atoms with Crippen molar-refractivity contribution in [1.29, 1.82) is 0 Å². The third-order valence-corrected chi connectivity index (χ3v) is 2.44. The second-order valence-corrected chi connectivity index (χ2v) is 5.41. The Balaban J connectivity index is 2.54. The van der Waals surface area contributed by atoms with Crippen LogP contribution in [0.3, 0.4) is 0 Å². The molecule has 0 aliphatic heterocycles. The van der Waals surface area contributed by atoms with Crippen LogP contribution < -0.4 is 11.1 Å². The highest BCUT2D eigenvalue weighted by Gasteiger charge is 2.16. The van der Waals surface area contributed by atoms with Crippen LogP contribution in [-0.4, -0.2) is 22.8 Å². The van der Waals surface area contributed by atoms with Crippen molar-refractivity contribution < 1.29 is 19.4 Å². The molecule has 6 heteroatoms. The molecule has 0 unspecified atom stereocenters. The normalized spacial score (nSPS) is 12.6. The zero-order chi connectivity index (χ0) is 15.3. The molecule has 0 aromatic heterocycles.